The number of β-lactam (4-membered cyclic amide) rings is 1. The van der Waals surface area contributed by atoms with E-state index in [9.17, 15) is 39.3 Å². The van der Waals surface area contributed by atoms with Gasteiger partial charge in [0.05, 0.1) is 12.5 Å². The summed E-state index contributed by atoms with van der Waals surface area (Å²) >= 11 is 1.17. The molecule has 3 rings (SSSR count). The van der Waals surface area contributed by atoms with Crippen molar-refractivity contribution in [3.8, 4) is 5.75 Å². The number of nitrogens with zero attached hydrogens (tertiary/aromatic N) is 2. The fourth-order valence-electron chi connectivity index (χ4n) is 4.46. The Bertz CT molecular complexity index is 1030. The second kappa shape index (κ2) is 9.14. The second-order valence-corrected chi connectivity index (χ2v) is 10.4. The second-order valence-electron chi connectivity index (χ2n) is 8.62. The highest BCUT2D eigenvalue weighted by atomic mass is 32.2. The van der Waals surface area contributed by atoms with Crippen LogP contribution in [0.2, 0.25) is 0 Å². The van der Waals surface area contributed by atoms with Crippen LogP contribution in [0.1, 0.15) is 31.9 Å². The number of nitrogens with one attached hydrogen (secondary N) is 1. The van der Waals surface area contributed by atoms with Crippen LogP contribution in [0.3, 0.4) is 0 Å². The maximum atomic E-state index is 13.6. The third-order valence-corrected chi connectivity index (χ3v) is 7.54. The standard InChI is InChI=1S/C21H26N4O8S/c1-21(2)15(20(32)33)25-18(31)14(19(25)34-21)24(17(30)11(23-3)8-12(27)28)13(16(22)29)9-4-6-10(26)7-5-9/h4-7,11,13-15,19,23,26H,8H2,1-3H3,(H2,22,29)(H,27,28)(H,32,33)/t11-,13-,14-,15+,19-/m1/s1. The molecule has 1 aromatic rings. The molecule has 13 heteroatoms. The molecule has 0 aliphatic carbocycles. The van der Waals surface area contributed by atoms with Crippen LogP contribution in [-0.4, -0.2) is 90.1 Å². The number of thioether (sulfide) groups is 1. The van der Waals surface area contributed by atoms with Gasteiger partial charge in [-0.1, -0.05) is 12.1 Å². The van der Waals surface area contributed by atoms with Crippen molar-refractivity contribution in [3.05, 3.63) is 29.8 Å². The molecule has 0 radical (unpaired) electrons. The van der Waals surface area contributed by atoms with Crippen LogP contribution in [0.15, 0.2) is 24.3 Å². The van der Waals surface area contributed by atoms with E-state index < -0.39 is 70.4 Å². The van der Waals surface area contributed by atoms with Crippen molar-refractivity contribution in [2.24, 2.45) is 5.73 Å². The van der Waals surface area contributed by atoms with Crippen molar-refractivity contribution >= 4 is 41.4 Å². The lowest BCUT2D eigenvalue weighted by Crippen LogP contribution is -2.73. The van der Waals surface area contributed by atoms with Crippen molar-refractivity contribution in [1.29, 1.82) is 0 Å². The molecule has 6 N–H and O–H groups in total. The van der Waals surface area contributed by atoms with E-state index in [0.717, 1.165) is 4.90 Å². The molecular weight excluding hydrogens is 468 g/mol. The van der Waals surface area contributed by atoms with Gasteiger partial charge in [-0.25, -0.2) is 4.79 Å². The fraction of sp³-hybridized carbons (Fsp3) is 0.476. The highest BCUT2D eigenvalue weighted by Crippen LogP contribution is 2.53. The summed E-state index contributed by atoms with van der Waals surface area (Å²) in [5.74, 6) is -5.10. The minimum atomic E-state index is -1.47. The third-order valence-electron chi connectivity index (χ3n) is 5.98. The largest absolute Gasteiger partial charge is 0.508 e. The average molecular weight is 495 g/mol. The molecule has 12 nitrogen and oxygen atoms in total. The number of carbonyl (C=O) groups excluding carboxylic acids is 3. The van der Waals surface area contributed by atoms with E-state index in [1.165, 1.54) is 48.0 Å². The number of carboxylic acid groups (broad SMARTS) is 2. The lowest BCUT2D eigenvalue weighted by molar-refractivity contribution is -0.172. The Balaban J connectivity index is 2.10. The zero-order chi connectivity index (χ0) is 25.5. The number of likely N-dealkylation sites (N-methyl/N-ethyl adjacent to an activating group) is 1. The van der Waals surface area contributed by atoms with Crippen molar-refractivity contribution < 1.29 is 39.3 Å². The summed E-state index contributed by atoms with van der Waals surface area (Å²) in [4.78, 5) is 64.8. The van der Waals surface area contributed by atoms with Crippen molar-refractivity contribution in [1.82, 2.24) is 15.1 Å². The topological polar surface area (TPSA) is 191 Å². The SMILES string of the molecule is CN[C@H](CC(=O)O)C(=O)N([C@@H]1C(=O)N2[C@@H]1SC(C)(C)[C@@H]2C(=O)O)[C@@H](C(N)=O)c1ccc(O)cc1. The molecule has 2 saturated heterocycles. The molecular formula is C21H26N4O8S. The Morgan fingerprint density at radius 3 is 2.26 bits per heavy atom. The maximum Gasteiger partial charge on any atom is 0.327 e. The normalized spacial score (nSPS) is 24.5. The number of primary amides is 1. The summed E-state index contributed by atoms with van der Waals surface area (Å²) in [5.41, 5.74) is 5.86. The van der Waals surface area contributed by atoms with E-state index in [1.807, 2.05) is 0 Å². The first-order chi connectivity index (χ1) is 15.8. The molecule has 0 spiro atoms. The summed E-state index contributed by atoms with van der Waals surface area (Å²) in [6, 6.07) is 0.133. The van der Waals surface area contributed by atoms with E-state index in [0.29, 0.717) is 0 Å². The summed E-state index contributed by atoms with van der Waals surface area (Å²) < 4.78 is -0.889. The zero-order valence-electron chi connectivity index (χ0n) is 18.7. The molecule has 2 fully saturated rings. The van der Waals surface area contributed by atoms with E-state index in [2.05, 4.69) is 5.32 Å². The van der Waals surface area contributed by atoms with E-state index >= 15 is 0 Å². The molecule has 2 heterocycles. The molecule has 0 aromatic heterocycles. The minimum absolute atomic E-state index is 0.105. The number of rotatable bonds is 9. The lowest BCUT2D eigenvalue weighted by Gasteiger charge is -2.50. The van der Waals surface area contributed by atoms with Gasteiger partial charge in [0.15, 0.2) is 0 Å². The van der Waals surface area contributed by atoms with E-state index in [1.54, 1.807) is 13.8 Å². The summed E-state index contributed by atoms with van der Waals surface area (Å²) in [7, 11) is 1.37. The number of amides is 3. The van der Waals surface area contributed by atoms with Crippen LogP contribution < -0.4 is 11.1 Å². The number of carboxylic acids is 2. The average Bonchev–Trinajstić information content (AvgIpc) is 2.99. The minimum Gasteiger partial charge on any atom is -0.508 e. The maximum absolute atomic E-state index is 13.6. The van der Waals surface area contributed by atoms with Gasteiger partial charge in [0.25, 0.3) is 0 Å². The number of fused-ring (bicyclic) bond motifs is 1. The van der Waals surface area contributed by atoms with Crippen LogP contribution in [0.5, 0.6) is 5.75 Å². The number of hydrogen-bond donors (Lipinski definition) is 5. The van der Waals surface area contributed by atoms with Crippen molar-refractivity contribution in [2.75, 3.05) is 7.05 Å². The summed E-state index contributed by atoms with van der Waals surface area (Å²) in [5, 5.41) is 30.4. The molecule has 3 amide bonds. The van der Waals surface area contributed by atoms with Gasteiger partial charge in [-0.15, -0.1) is 11.8 Å². The summed E-state index contributed by atoms with van der Waals surface area (Å²) in [6.45, 7) is 3.33. The number of aromatic hydroxyl groups is 1. The molecule has 1 aromatic carbocycles. The molecule has 2 aliphatic rings. The number of carbonyl (C=O) groups is 5. The van der Waals surface area contributed by atoms with Crippen LogP contribution in [0.4, 0.5) is 0 Å². The highest BCUT2D eigenvalue weighted by Gasteiger charge is 2.67. The van der Waals surface area contributed by atoms with Gasteiger partial charge in [0, 0.05) is 4.75 Å². The first-order valence-corrected chi connectivity index (χ1v) is 11.2. The van der Waals surface area contributed by atoms with Crippen LogP contribution in [0, 0.1) is 0 Å². The van der Waals surface area contributed by atoms with Gasteiger partial charge in [0.2, 0.25) is 17.7 Å². The smallest absolute Gasteiger partial charge is 0.327 e. The quantitative estimate of drug-likeness (QED) is 0.275. The van der Waals surface area contributed by atoms with E-state index in [4.69, 9.17) is 5.73 Å². The van der Waals surface area contributed by atoms with Crippen LogP contribution in [0.25, 0.3) is 0 Å². The number of phenols is 1. The van der Waals surface area contributed by atoms with Crippen LogP contribution >= 0.6 is 11.8 Å². The number of hydrogen-bond acceptors (Lipinski definition) is 8. The Labute approximate surface area is 199 Å². The number of benzene rings is 1. The molecule has 34 heavy (non-hydrogen) atoms. The van der Waals surface area contributed by atoms with Gasteiger partial charge in [-0.3, -0.25) is 19.2 Å². The first-order valence-electron chi connectivity index (χ1n) is 10.3. The number of phenolic OH excluding ortho intramolecular Hbond substituents is 1. The Kier molecular flexibility index (Phi) is 6.80. The van der Waals surface area contributed by atoms with Crippen molar-refractivity contribution in [2.45, 2.75) is 54.6 Å². The van der Waals surface area contributed by atoms with Gasteiger partial charge < -0.3 is 36.2 Å². The predicted molar refractivity (Wildman–Crippen MR) is 120 cm³/mol. The molecule has 2 aliphatic heterocycles. The van der Waals surface area contributed by atoms with Crippen LogP contribution in [-0.2, 0) is 24.0 Å². The Morgan fingerprint density at radius 1 is 1.21 bits per heavy atom. The number of nitrogens with two attached hydrogens (primary N) is 1. The zero-order valence-corrected chi connectivity index (χ0v) is 19.5. The van der Waals surface area contributed by atoms with E-state index in [-0.39, 0.29) is 11.3 Å². The molecule has 0 bridgehead atoms. The van der Waals surface area contributed by atoms with Crippen molar-refractivity contribution in [3.63, 3.8) is 0 Å². The molecule has 5 atom stereocenters. The predicted octanol–water partition coefficient (Wildman–Crippen LogP) is -0.675. The first kappa shape index (κ1) is 25.3. The summed E-state index contributed by atoms with van der Waals surface area (Å²) in [6.07, 6.45) is -0.626. The molecule has 184 valence electrons. The Hall–Kier alpha value is -3.32. The number of aliphatic carboxylic acids is 2. The lowest BCUT2D eigenvalue weighted by atomic mass is 9.92. The third kappa shape index (κ3) is 4.28. The molecule has 0 unspecified atom stereocenters. The van der Waals surface area contributed by atoms with Gasteiger partial charge in [0.1, 0.15) is 29.2 Å². The monoisotopic (exact) mass is 494 g/mol. The fourth-order valence-corrected chi connectivity index (χ4v) is 6.14. The van der Waals surface area contributed by atoms with Gasteiger partial charge in [-0.05, 0) is 38.6 Å². The Morgan fingerprint density at radius 2 is 1.79 bits per heavy atom. The van der Waals surface area contributed by atoms with Gasteiger partial charge >= 0.3 is 11.9 Å². The highest BCUT2D eigenvalue weighted by molar-refractivity contribution is 8.01. The molecule has 0 saturated carbocycles. The van der Waals surface area contributed by atoms with Gasteiger partial charge in [-0.2, -0.15) is 0 Å².